The van der Waals surface area contributed by atoms with E-state index in [1.165, 1.54) is 37.8 Å². The van der Waals surface area contributed by atoms with Gasteiger partial charge >= 0.3 is 0 Å². The van der Waals surface area contributed by atoms with Crippen molar-refractivity contribution in [3.8, 4) is 0 Å². The number of rotatable bonds is 5. The number of hydrogen-bond acceptors (Lipinski definition) is 2. The Morgan fingerprint density at radius 3 is 2.35 bits per heavy atom. The molecule has 126 valence electrons. The second kappa shape index (κ2) is 7.91. The number of hydrogen-bond donors (Lipinski definition) is 0. The van der Waals surface area contributed by atoms with Gasteiger partial charge in [0.25, 0.3) is 0 Å². The lowest BCUT2D eigenvalue weighted by molar-refractivity contribution is -0.133. The minimum absolute atomic E-state index is 0.188. The van der Waals surface area contributed by atoms with Gasteiger partial charge in [-0.15, -0.1) is 0 Å². The fraction of sp³-hybridized carbons (Fsp3) is 0.632. The molecule has 0 spiro atoms. The highest BCUT2D eigenvalue weighted by Gasteiger charge is 2.22. The first kappa shape index (κ1) is 16.4. The normalized spacial score (nSPS) is 20.1. The van der Waals surface area contributed by atoms with Gasteiger partial charge in [-0.3, -0.25) is 9.69 Å². The molecular formula is C19H27FN2O. The predicted molar refractivity (Wildman–Crippen MR) is 89.4 cm³/mol. The zero-order valence-corrected chi connectivity index (χ0v) is 13.8. The summed E-state index contributed by atoms with van der Waals surface area (Å²) in [6.07, 6.45) is 7.14. The van der Waals surface area contributed by atoms with E-state index in [2.05, 4.69) is 4.90 Å². The Bertz CT molecular complexity index is 503. The van der Waals surface area contributed by atoms with Crippen LogP contribution in [0.4, 0.5) is 4.39 Å². The van der Waals surface area contributed by atoms with E-state index >= 15 is 0 Å². The quantitative estimate of drug-likeness (QED) is 0.830. The first-order chi connectivity index (χ1) is 11.2. The van der Waals surface area contributed by atoms with Crippen LogP contribution in [0.5, 0.6) is 0 Å². The molecule has 0 N–H and O–H groups in total. The Morgan fingerprint density at radius 1 is 1.04 bits per heavy atom. The maximum absolute atomic E-state index is 12.9. The lowest BCUT2D eigenvalue weighted by atomic mass is 10.0. The van der Waals surface area contributed by atoms with Crippen molar-refractivity contribution in [1.82, 2.24) is 9.80 Å². The van der Waals surface area contributed by atoms with Gasteiger partial charge in [-0.25, -0.2) is 4.39 Å². The lowest BCUT2D eigenvalue weighted by Crippen LogP contribution is -2.48. The molecule has 1 saturated heterocycles. The Kier molecular flexibility index (Phi) is 5.65. The SMILES string of the molecule is O=C(CCC1CCCC1)N1CCN(Cc2ccc(F)cc2)CC1. The van der Waals surface area contributed by atoms with Gasteiger partial charge in [0, 0.05) is 39.1 Å². The molecule has 1 heterocycles. The summed E-state index contributed by atoms with van der Waals surface area (Å²) in [5, 5.41) is 0. The van der Waals surface area contributed by atoms with E-state index in [4.69, 9.17) is 0 Å². The van der Waals surface area contributed by atoms with Crippen molar-refractivity contribution in [1.29, 1.82) is 0 Å². The van der Waals surface area contributed by atoms with Crippen molar-refractivity contribution in [3.63, 3.8) is 0 Å². The third-order valence-corrected chi connectivity index (χ3v) is 5.29. The number of halogens is 1. The van der Waals surface area contributed by atoms with Crippen LogP contribution in [0.3, 0.4) is 0 Å². The summed E-state index contributed by atoms with van der Waals surface area (Å²) >= 11 is 0. The molecule has 1 aromatic carbocycles. The van der Waals surface area contributed by atoms with Crippen LogP contribution in [-0.2, 0) is 11.3 Å². The average Bonchev–Trinajstić information content (AvgIpc) is 3.09. The standard InChI is InChI=1S/C19H27FN2O/c20-18-8-5-17(6-9-18)15-21-11-13-22(14-12-21)19(23)10-7-16-3-1-2-4-16/h5-6,8-9,16H,1-4,7,10-15H2. The van der Waals surface area contributed by atoms with Crippen molar-refractivity contribution in [3.05, 3.63) is 35.6 Å². The van der Waals surface area contributed by atoms with Gasteiger partial charge in [-0.2, -0.15) is 0 Å². The van der Waals surface area contributed by atoms with E-state index in [9.17, 15) is 9.18 Å². The molecule has 1 saturated carbocycles. The number of nitrogens with zero attached hydrogens (tertiary/aromatic N) is 2. The highest BCUT2D eigenvalue weighted by atomic mass is 19.1. The van der Waals surface area contributed by atoms with Crippen LogP contribution in [0.25, 0.3) is 0 Å². The third-order valence-electron chi connectivity index (χ3n) is 5.29. The summed E-state index contributed by atoms with van der Waals surface area (Å²) in [6.45, 7) is 4.30. The van der Waals surface area contributed by atoms with Gasteiger partial charge < -0.3 is 4.90 Å². The molecule has 2 fully saturated rings. The molecule has 3 rings (SSSR count). The largest absolute Gasteiger partial charge is 0.340 e. The fourth-order valence-electron chi connectivity index (χ4n) is 3.79. The lowest BCUT2D eigenvalue weighted by Gasteiger charge is -2.35. The topological polar surface area (TPSA) is 23.6 Å². The van der Waals surface area contributed by atoms with Crippen molar-refractivity contribution in [2.24, 2.45) is 5.92 Å². The molecule has 1 aliphatic carbocycles. The van der Waals surface area contributed by atoms with E-state index in [-0.39, 0.29) is 5.82 Å². The van der Waals surface area contributed by atoms with E-state index in [1.807, 2.05) is 17.0 Å². The van der Waals surface area contributed by atoms with E-state index < -0.39 is 0 Å². The molecule has 0 atom stereocenters. The number of benzene rings is 1. The summed E-state index contributed by atoms with van der Waals surface area (Å²) in [6, 6.07) is 6.71. The molecule has 1 aliphatic heterocycles. The number of amides is 1. The Hall–Kier alpha value is -1.42. The first-order valence-corrected chi connectivity index (χ1v) is 8.95. The highest BCUT2D eigenvalue weighted by Crippen LogP contribution is 2.28. The molecular weight excluding hydrogens is 291 g/mol. The summed E-state index contributed by atoms with van der Waals surface area (Å²) in [5.41, 5.74) is 1.13. The molecule has 0 radical (unpaired) electrons. The summed E-state index contributed by atoms with van der Waals surface area (Å²) < 4.78 is 12.9. The molecule has 0 unspecified atom stereocenters. The smallest absolute Gasteiger partial charge is 0.222 e. The van der Waals surface area contributed by atoms with Gasteiger partial charge in [0.2, 0.25) is 5.91 Å². The zero-order valence-electron chi connectivity index (χ0n) is 13.8. The minimum atomic E-state index is -0.188. The third kappa shape index (κ3) is 4.77. The van der Waals surface area contributed by atoms with Gasteiger partial charge in [0.15, 0.2) is 0 Å². The van der Waals surface area contributed by atoms with Crippen LogP contribution in [0.2, 0.25) is 0 Å². The molecule has 1 amide bonds. The maximum Gasteiger partial charge on any atom is 0.222 e. The van der Waals surface area contributed by atoms with Crippen molar-refractivity contribution >= 4 is 5.91 Å². The Labute approximate surface area is 138 Å². The van der Waals surface area contributed by atoms with Crippen LogP contribution in [0.15, 0.2) is 24.3 Å². The maximum atomic E-state index is 12.9. The molecule has 0 aromatic heterocycles. The van der Waals surface area contributed by atoms with Crippen LogP contribution in [-0.4, -0.2) is 41.9 Å². The van der Waals surface area contributed by atoms with Gasteiger partial charge in [-0.05, 0) is 30.0 Å². The zero-order chi connectivity index (χ0) is 16.1. The van der Waals surface area contributed by atoms with Crippen LogP contribution in [0.1, 0.15) is 44.1 Å². The molecule has 1 aromatic rings. The van der Waals surface area contributed by atoms with Crippen LogP contribution >= 0.6 is 0 Å². The fourth-order valence-corrected chi connectivity index (χ4v) is 3.79. The molecule has 4 heteroatoms. The molecule has 0 bridgehead atoms. The van der Waals surface area contributed by atoms with E-state index in [0.717, 1.165) is 57.0 Å². The van der Waals surface area contributed by atoms with Crippen molar-refractivity contribution in [2.75, 3.05) is 26.2 Å². The summed E-state index contributed by atoms with van der Waals surface area (Å²) in [7, 11) is 0. The number of carbonyl (C=O) groups excluding carboxylic acids is 1. The van der Waals surface area contributed by atoms with E-state index in [1.54, 1.807) is 0 Å². The van der Waals surface area contributed by atoms with Crippen LogP contribution < -0.4 is 0 Å². The first-order valence-electron chi connectivity index (χ1n) is 8.95. The van der Waals surface area contributed by atoms with Crippen molar-refractivity contribution < 1.29 is 9.18 Å². The summed E-state index contributed by atoms with van der Waals surface area (Å²) in [5.74, 6) is 0.934. The molecule has 3 nitrogen and oxygen atoms in total. The van der Waals surface area contributed by atoms with Crippen LogP contribution in [0, 0.1) is 11.7 Å². The van der Waals surface area contributed by atoms with E-state index in [0.29, 0.717) is 5.91 Å². The average molecular weight is 318 g/mol. The Morgan fingerprint density at radius 2 is 1.70 bits per heavy atom. The van der Waals surface area contributed by atoms with Gasteiger partial charge in [0.1, 0.15) is 5.82 Å². The monoisotopic (exact) mass is 318 g/mol. The van der Waals surface area contributed by atoms with Crippen molar-refractivity contribution in [2.45, 2.75) is 45.1 Å². The second-order valence-corrected chi connectivity index (χ2v) is 6.97. The number of carbonyl (C=O) groups is 1. The predicted octanol–water partition coefficient (Wildman–Crippen LogP) is 3.44. The highest BCUT2D eigenvalue weighted by molar-refractivity contribution is 5.76. The van der Waals surface area contributed by atoms with Gasteiger partial charge in [0.05, 0.1) is 0 Å². The minimum Gasteiger partial charge on any atom is -0.340 e. The number of piperazine rings is 1. The Balaban J connectivity index is 1.39. The van der Waals surface area contributed by atoms with Gasteiger partial charge in [-0.1, -0.05) is 37.8 Å². The second-order valence-electron chi connectivity index (χ2n) is 6.97. The summed E-state index contributed by atoms with van der Waals surface area (Å²) in [4.78, 5) is 16.7. The molecule has 2 aliphatic rings. The molecule has 23 heavy (non-hydrogen) atoms.